The molecule has 2 N–H and O–H groups in total. The van der Waals surface area contributed by atoms with Gasteiger partial charge in [-0.1, -0.05) is 15.9 Å². The first-order chi connectivity index (χ1) is 12.0. The maximum Gasteiger partial charge on any atom is 0.261 e. The highest BCUT2D eigenvalue weighted by Gasteiger charge is 2.15. The molecule has 0 bridgehead atoms. The second-order valence-corrected chi connectivity index (χ2v) is 6.22. The van der Waals surface area contributed by atoms with Crippen molar-refractivity contribution in [3.63, 3.8) is 0 Å². The van der Waals surface area contributed by atoms with Gasteiger partial charge in [-0.3, -0.25) is 10.1 Å². The van der Waals surface area contributed by atoms with Gasteiger partial charge in [-0.25, -0.2) is 4.39 Å². The molecule has 0 radical (unpaired) electrons. The lowest BCUT2D eigenvalue weighted by Crippen LogP contribution is -2.34. The number of amides is 1. The number of benzene rings is 2. The molecule has 0 spiro atoms. The molecule has 0 fully saturated rings. The van der Waals surface area contributed by atoms with E-state index in [1.165, 1.54) is 24.3 Å². The molecule has 2 aromatic carbocycles. The van der Waals surface area contributed by atoms with Crippen molar-refractivity contribution in [3.8, 4) is 5.75 Å². The lowest BCUT2D eigenvalue weighted by atomic mass is 10.2. The Morgan fingerprint density at radius 2 is 1.92 bits per heavy atom. The van der Waals surface area contributed by atoms with E-state index in [1.807, 2.05) is 0 Å². The van der Waals surface area contributed by atoms with Crippen molar-refractivity contribution in [1.29, 1.82) is 0 Å². The predicted molar refractivity (Wildman–Crippen MR) is 102 cm³/mol. The molecule has 2 rings (SSSR count). The third-order valence-corrected chi connectivity index (χ3v) is 3.76. The van der Waals surface area contributed by atoms with Crippen molar-refractivity contribution in [2.24, 2.45) is 0 Å². The number of ether oxygens (including phenoxy) is 2. The van der Waals surface area contributed by atoms with Crippen molar-refractivity contribution in [1.82, 2.24) is 5.32 Å². The first-order valence-corrected chi connectivity index (χ1v) is 8.49. The minimum Gasteiger partial charge on any atom is -0.490 e. The minimum absolute atomic E-state index is 0.0967. The Morgan fingerprint density at radius 1 is 1.20 bits per heavy atom. The lowest BCUT2D eigenvalue weighted by molar-refractivity contribution is 0.0969. The zero-order valence-corrected chi connectivity index (χ0v) is 15.7. The van der Waals surface area contributed by atoms with Crippen LogP contribution in [0.25, 0.3) is 0 Å². The van der Waals surface area contributed by atoms with Crippen molar-refractivity contribution in [3.05, 3.63) is 58.3 Å². The summed E-state index contributed by atoms with van der Waals surface area (Å²) in [7, 11) is 1.57. The molecule has 0 unspecified atom stereocenters. The Morgan fingerprint density at radius 3 is 2.60 bits per heavy atom. The van der Waals surface area contributed by atoms with Gasteiger partial charge >= 0.3 is 0 Å². The third kappa shape index (κ3) is 6.08. The molecule has 5 nitrogen and oxygen atoms in total. The molecule has 0 aromatic heterocycles. The summed E-state index contributed by atoms with van der Waals surface area (Å²) in [5.74, 6) is -0.358. The SMILES string of the molecule is COCCOc1ccc(Br)cc1C(=O)NC(=S)Nc1ccc(F)cc1. The van der Waals surface area contributed by atoms with E-state index >= 15 is 0 Å². The summed E-state index contributed by atoms with van der Waals surface area (Å²) in [5, 5.41) is 5.49. The molecular weight excluding hydrogens is 411 g/mol. The Labute approximate surface area is 158 Å². The van der Waals surface area contributed by atoms with Crippen molar-refractivity contribution in [2.75, 3.05) is 25.6 Å². The van der Waals surface area contributed by atoms with Crippen LogP contribution in [-0.4, -0.2) is 31.3 Å². The number of carbonyl (C=O) groups excluding carboxylic acids is 1. The van der Waals surface area contributed by atoms with Gasteiger partial charge < -0.3 is 14.8 Å². The molecule has 0 aliphatic heterocycles. The molecule has 0 saturated carbocycles. The van der Waals surface area contributed by atoms with Gasteiger partial charge in [0.25, 0.3) is 5.91 Å². The zero-order chi connectivity index (χ0) is 18.2. The monoisotopic (exact) mass is 426 g/mol. The Balaban J connectivity index is 2.04. The highest BCUT2D eigenvalue weighted by Crippen LogP contribution is 2.23. The topological polar surface area (TPSA) is 59.6 Å². The smallest absolute Gasteiger partial charge is 0.261 e. The van der Waals surface area contributed by atoms with E-state index in [0.717, 1.165) is 4.47 Å². The zero-order valence-electron chi connectivity index (χ0n) is 13.3. The van der Waals surface area contributed by atoms with Gasteiger partial charge in [-0.2, -0.15) is 0 Å². The third-order valence-electron chi connectivity index (χ3n) is 3.06. The summed E-state index contributed by atoms with van der Waals surface area (Å²) in [5.41, 5.74) is 0.895. The van der Waals surface area contributed by atoms with Crippen LogP contribution in [0.4, 0.5) is 10.1 Å². The summed E-state index contributed by atoms with van der Waals surface area (Å²) < 4.78 is 24.1. The Kier molecular flexibility index (Phi) is 7.30. The van der Waals surface area contributed by atoms with E-state index in [1.54, 1.807) is 25.3 Å². The number of nitrogens with one attached hydrogen (secondary N) is 2. The standard InChI is InChI=1S/C17H16BrFN2O3S/c1-23-8-9-24-15-7-2-11(18)10-14(15)16(22)21-17(25)20-13-5-3-12(19)4-6-13/h2-7,10H,8-9H2,1H3,(H2,20,21,22,25). The van der Waals surface area contributed by atoms with Gasteiger partial charge in [0.1, 0.15) is 18.2 Å². The van der Waals surface area contributed by atoms with Crippen LogP contribution >= 0.6 is 28.1 Å². The van der Waals surface area contributed by atoms with E-state index in [4.69, 9.17) is 21.7 Å². The second kappa shape index (κ2) is 9.45. The molecule has 1 amide bonds. The molecule has 132 valence electrons. The van der Waals surface area contributed by atoms with Crippen LogP contribution in [0.1, 0.15) is 10.4 Å². The van der Waals surface area contributed by atoms with Gasteiger partial charge in [0, 0.05) is 17.3 Å². The number of methoxy groups -OCH3 is 1. The van der Waals surface area contributed by atoms with Gasteiger partial charge in [0.2, 0.25) is 0 Å². The first-order valence-electron chi connectivity index (χ1n) is 7.29. The number of hydrogen-bond donors (Lipinski definition) is 2. The maximum atomic E-state index is 12.9. The average Bonchev–Trinajstić information content (AvgIpc) is 2.58. The molecule has 0 aliphatic rings. The molecule has 0 saturated heterocycles. The maximum absolute atomic E-state index is 12.9. The summed E-state index contributed by atoms with van der Waals surface area (Å²) in [6.45, 7) is 0.721. The number of anilines is 1. The van der Waals surface area contributed by atoms with Gasteiger partial charge in [-0.15, -0.1) is 0 Å². The normalized spacial score (nSPS) is 10.2. The van der Waals surface area contributed by atoms with E-state index in [2.05, 4.69) is 26.6 Å². The summed E-state index contributed by atoms with van der Waals surface area (Å²) in [4.78, 5) is 12.5. The molecule has 0 atom stereocenters. The van der Waals surface area contributed by atoms with E-state index in [-0.39, 0.29) is 10.9 Å². The fourth-order valence-electron chi connectivity index (χ4n) is 1.91. The average molecular weight is 427 g/mol. The number of hydrogen-bond acceptors (Lipinski definition) is 4. The number of thiocarbonyl (C=S) groups is 1. The Hall–Kier alpha value is -2.03. The van der Waals surface area contributed by atoms with Crippen LogP contribution in [0.2, 0.25) is 0 Å². The highest BCUT2D eigenvalue weighted by molar-refractivity contribution is 9.10. The molecule has 0 aliphatic carbocycles. The fraction of sp³-hybridized carbons (Fsp3) is 0.176. The number of carbonyl (C=O) groups is 1. The van der Waals surface area contributed by atoms with Crippen LogP contribution in [0, 0.1) is 5.82 Å². The van der Waals surface area contributed by atoms with E-state index < -0.39 is 5.91 Å². The van der Waals surface area contributed by atoms with Crippen LogP contribution in [0.15, 0.2) is 46.9 Å². The van der Waals surface area contributed by atoms with Crippen LogP contribution < -0.4 is 15.4 Å². The first kappa shape index (κ1) is 19.3. The molecule has 8 heteroatoms. The fourth-order valence-corrected chi connectivity index (χ4v) is 2.48. The molecular formula is C17H16BrFN2O3S. The quantitative estimate of drug-likeness (QED) is 0.544. The number of rotatable bonds is 6. The van der Waals surface area contributed by atoms with Crippen molar-refractivity contribution < 1.29 is 18.7 Å². The van der Waals surface area contributed by atoms with Gasteiger partial charge in [-0.05, 0) is 54.7 Å². The summed E-state index contributed by atoms with van der Waals surface area (Å²) >= 11 is 8.45. The minimum atomic E-state index is -0.423. The Bertz CT molecular complexity index is 756. The van der Waals surface area contributed by atoms with Crippen LogP contribution in [0.5, 0.6) is 5.75 Å². The predicted octanol–water partition coefficient (Wildman–Crippen LogP) is 3.74. The highest BCUT2D eigenvalue weighted by atomic mass is 79.9. The van der Waals surface area contributed by atoms with Gasteiger partial charge in [0.05, 0.1) is 12.2 Å². The summed E-state index contributed by atoms with van der Waals surface area (Å²) in [6.07, 6.45) is 0. The molecule has 2 aromatic rings. The molecule has 0 heterocycles. The van der Waals surface area contributed by atoms with Crippen LogP contribution in [0.3, 0.4) is 0 Å². The largest absolute Gasteiger partial charge is 0.490 e. The lowest BCUT2D eigenvalue weighted by Gasteiger charge is -2.13. The number of halogens is 2. The van der Waals surface area contributed by atoms with Crippen molar-refractivity contribution >= 4 is 44.9 Å². The van der Waals surface area contributed by atoms with E-state index in [0.29, 0.717) is 30.2 Å². The summed E-state index contributed by atoms with van der Waals surface area (Å²) in [6, 6.07) is 10.7. The molecule has 25 heavy (non-hydrogen) atoms. The van der Waals surface area contributed by atoms with Crippen LogP contribution in [-0.2, 0) is 4.74 Å². The van der Waals surface area contributed by atoms with Crippen molar-refractivity contribution in [2.45, 2.75) is 0 Å². The van der Waals surface area contributed by atoms with E-state index in [9.17, 15) is 9.18 Å². The van der Waals surface area contributed by atoms with Gasteiger partial charge in [0.15, 0.2) is 5.11 Å². The second-order valence-electron chi connectivity index (χ2n) is 4.90.